The van der Waals surface area contributed by atoms with Gasteiger partial charge in [-0.1, -0.05) is 6.92 Å². The van der Waals surface area contributed by atoms with E-state index in [2.05, 4.69) is 5.18 Å². The maximum atomic E-state index is 12.8. The maximum absolute atomic E-state index is 12.8. The Balaban J connectivity index is 3.67. The van der Waals surface area contributed by atoms with E-state index in [-0.39, 0.29) is 18.6 Å². The number of nitroso groups, excluding NO2 is 1. The fourth-order valence-corrected chi connectivity index (χ4v) is 1.49. The molecule has 1 rings (SSSR count). The van der Waals surface area contributed by atoms with Gasteiger partial charge >= 0.3 is 12.4 Å². The molecule has 1 N–H and O–H groups in total. The van der Waals surface area contributed by atoms with Gasteiger partial charge in [-0.3, -0.25) is 4.79 Å². The second-order valence-electron chi connectivity index (χ2n) is 3.90. The van der Waals surface area contributed by atoms with Crippen LogP contribution in [0.4, 0.5) is 37.7 Å². The Kier molecular flexibility index (Phi) is 4.59. The first-order chi connectivity index (χ1) is 9.50. The van der Waals surface area contributed by atoms with Crippen LogP contribution in [-0.2, 0) is 17.1 Å². The molecule has 10 heteroatoms. The summed E-state index contributed by atoms with van der Waals surface area (Å²) in [5.74, 6) is -1.03. The van der Waals surface area contributed by atoms with Gasteiger partial charge in [0, 0.05) is 6.42 Å². The lowest BCUT2D eigenvalue weighted by molar-refractivity contribution is -0.141. The Bertz CT molecular complexity index is 530. The first-order valence-corrected chi connectivity index (χ1v) is 5.46. The van der Waals surface area contributed by atoms with Crippen molar-refractivity contribution in [1.29, 1.82) is 0 Å². The highest BCUT2D eigenvalue weighted by Gasteiger charge is 2.42. The van der Waals surface area contributed by atoms with Gasteiger partial charge in [-0.05, 0) is 17.3 Å². The van der Waals surface area contributed by atoms with Gasteiger partial charge in [0.1, 0.15) is 5.69 Å². The maximum Gasteiger partial charge on any atom is 0.418 e. The van der Waals surface area contributed by atoms with Crippen molar-refractivity contribution in [3.63, 3.8) is 0 Å². The number of hydrogen-bond donors (Lipinski definition) is 1. The van der Waals surface area contributed by atoms with E-state index in [4.69, 9.17) is 0 Å². The van der Waals surface area contributed by atoms with Crippen LogP contribution in [0.2, 0.25) is 0 Å². The average molecular weight is 314 g/mol. The van der Waals surface area contributed by atoms with Crippen molar-refractivity contribution in [2.75, 3.05) is 5.32 Å². The van der Waals surface area contributed by atoms with E-state index in [1.54, 1.807) is 5.32 Å². The topological polar surface area (TPSA) is 58.5 Å². The Morgan fingerprint density at radius 3 is 1.81 bits per heavy atom. The zero-order valence-corrected chi connectivity index (χ0v) is 10.4. The second-order valence-corrected chi connectivity index (χ2v) is 3.90. The number of halogens is 6. The van der Waals surface area contributed by atoms with Crippen molar-refractivity contribution in [1.82, 2.24) is 0 Å². The van der Waals surface area contributed by atoms with Crippen molar-refractivity contribution in [2.24, 2.45) is 5.18 Å². The Hall–Kier alpha value is -2.13. The number of hydrogen-bond acceptors (Lipinski definition) is 3. The molecule has 0 atom stereocenters. The lowest BCUT2D eigenvalue weighted by atomic mass is 10.0. The summed E-state index contributed by atoms with van der Waals surface area (Å²) in [5, 5.41) is 3.67. The van der Waals surface area contributed by atoms with E-state index >= 15 is 0 Å². The zero-order valence-electron chi connectivity index (χ0n) is 10.4. The van der Waals surface area contributed by atoms with Crippen LogP contribution in [0.3, 0.4) is 0 Å². The van der Waals surface area contributed by atoms with Crippen molar-refractivity contribution < 1.29 is 31.1 Å². The average Bonchev–Trinajstić information content (AvgIpc) is 2.35. The molecule has 0 fully saturated rings. The largest absolute Gasteiger partial charge is 0.418 e. The summed E-state index contributed by atoms with van der Waals surface area (Å²) in [6.45, 7) is 1.26. The molecule has 4 nitrogen and oxygen atoms in total. The fraction of sp³-hybridized carbons (Fsp3) is 0.364. The molecule has 0 spiro atoms. The summed E-state index contributed by atoms with van der Waals surface area (Å²) in [4.78, 5) is 21.4. The molecule has 116 valence electrons. The molecular weight excluding hydrogens is 306 g/mol. The lowest BCUT2D eigenvalue weighted by Crippen LogP contribution is -2.20. The molecule has 0 unspecified atom stereocenters. The molecule has 0 heterocycles. The molecule has 1 aromatic carbocycles. The summed E-state index contributed by atoms with van der Waals surface area (Å²) < 4.78 is 76.9. The van der Waals surface area contributed by atoms with E-state index in [9.17, 15) is 36.0 Å². The van der Waals surface area contributed by atoms with E-state index in [1.165, 1.54) is 6.92 Å². The van der Waals surface area contributed by atoms with E-state index in [1.807, 2.05) is 0 Å². The third-order valence-corrected chi connectivity index (χ3v) is 2.42. The molecule has 1 aromatic rings. The number of alkyl halides is 6. The summed E-state index contributed by atoms with van der Waals surface area (Å²) in [6, 6.07) is 0.293. The minimum absolute atomic E-state index is 0.146. The Morgan fingerprint density at radius 1 is 1.10 bits per heavy atom. The number of nitrogens with one attached hydrogen (secondary N) is 1. The molecule has 21 heavy (non-hydrogen) atoms. The van der Waals surface area contributed by atoms with Gasteiger partial charge in [0.15, 0.2) is 0 Å². The van der Waals surface area contributed by atoms with Gasteiger partial charge in [0.05, 0.1) is 16.8 Å². The quantitative estimate of drug-likeness (QED) is 0.661. The van der Waals surface area contributed by atoms with Crippen LogP contribution in [0, 0.1) is 4.91 Å². The summed E-state index contributed by atoms with van der Waals surface area (Å²) in [5.41, 5.74) is -6.04. The Labute approximate surface area is 114 Å². The first kappa shape index (κ1) is 16.9. The van der Waals surface area contributed by atoms with Gasteiger partial charge < -0.3 is 5.32 Å². The molecule has 0 saturated carbocycles. The van der Waals surface area contributed by atoms with Gasteiger partial charge in [0.25, 0.3) is 0 Å². The lowest BCUT2D eigenvalue weighted by Gasteiger charge is -2.19. The molecule has 0 aromatic heterocycles. The monoisotopic (exact) mass is 314 g/mol. The number of benzene rings is 1. The highest BCUT2D eigenvalue weighted by atomic mass is 19.4. The first-order valence-electron chi connectivity index (χ1n) is 5.46. The molecule has 0 saturated heterocycles. The third-order valence-electron chi connectivity index (χ3n) is 2.42. The van der Waals surface area contributed by atoms with Crippen LogP contribution in [0.15, 0.2) is 17.3 Å². The number of nitrogens with zero attached hydrogens (tertiary/aromatic N) is 1. The van der Waals surface area contributed by atoms with Crippen molar-refractivity contribution in [3.05, 3.63) is 28.2 Å². The van der Waals surface area contributed by atoms with E-state index in [0.717, 1.165) is 0 Å². The standard InChI is InChI=1S/C11H8F6N2O2/c1-2-8(20)18-9-6(10(12,13)14)3-5(19-21)4-7(9)11(15,16)17/h3-4H,2H2,1H3,(H,18,20). The normalized spacial score (nSPS) is 12.1. The van der Waals surface area contributed by atoms with Crippen molar-refractivity contribution in [3.8, 4) is 0 Å². The van der Waals surface area contributed by atoms with Gasteiger partial charge in [0.2, 0.25) is 5.91 Å². The Morgan fingerprint density at radius 2 is 1.52 bits per heavy atom. The number of carbonyl (C=O) groups excluding carboxylic acids is 1. The molecular formula is C11H8F6N2O2. The smallest absolute Gasteiger partial charge is 0.325 e. The van der Waals surface area contributed by atoms with Gasteiger partial charge in [-0.25, -0.2) is 0 Å². The molecule has 0 aliphatic carbocycles. The summed E-state index contributed by atoms with van der Waals surface area (Å²) in [7, 11) is 0. The van der Waals surface area contributed by atoms with Crippen molar-refractivity contribution in [2.45, 2.75) is 25.7 Å². The van der Waals surface area contributed by atoms with Gasteiger partial charge in [-0.2, -0.15) is 26.3 Å². The van der Waals surface area contributed by atoms with Crippen LogP contribution in [0.25, 0.3) is 0 Å². The number of amides is 1. The SMILES string of the molecule is CCC(=O)Nc1c(C(F)(F)F)cc(N=O)cc1C(F)(F)F. The zero-order chi connectivity index (χ0) is 16.4. The summed E-state index contributed by atoms with van der Waals surface area (Å²) in [6.07, 6.45) is -10.7. The molecule has 0 aliphatic rings. The number of rotatable bonds is 3. The molecule has 0 radical (unpaired) electrons. The predicted octanol–water partition coefficient (Wildman–Crippen LogP) is 4.47. The van der Waals surface area contributed by atoms with Crippen LogP contribution in [0.1, 0.15) is 24.5 Å². The minimum Gasteiger partial charge on any atom is -0.325 e. The molecule has 0 aliphatic heterocycles. The number of carbonyl (C=O) groups is 1. The highest BCUT2D eigenvalue weighted by molar-refractivity contribution is 5.93. The third kappa shape index (κ3) is 3.92. The highest BCUT2D eigenvalue weighted by Crippen LogP contribution is 2.45. The van der Waals surface area contributed by atoms with Crippen LogP contribution in [0.5, 0.6) is 0 Å². The predicted molar refractivity (Wildman–Crippen MR) is 60.8 cm³/mol. The van der Waals surface area contributed by atoms with Crippen LogP contribution >= 0.6 is 0 Å². The van der Waals surface area contributed by atoms with Crippen LogP contribution < -0.4 is 5.32 Å². The fourth-order valence-electron chi connectivity index (χ4n) is 1.49. The van der Waals surface area contributed by atoms with Crippen molar-refractivity contribution >= 4 is 17.3 Å². The van der Waals surface area contributed by atoms with E-state index < -0.39 is 40.8 Å². The van der Waals surface area contributed by atoms with E-state index in [0.29, 0.717) is 0 Å². The second kappa shape index (κ2) is 5.70. The summed E-state index contributed by atoms with van der Waals surface area (Å²) >= 11 is 0. The molecule has 1 amide bonds. The molecule has 0 bridgehead atoms. The van der Waals surface area contributed by atoms with Crippen LogP contribution in [-0.4, -0.2) is 5.91 Å². The number of anilines is 1. The van der Waals surface area contributed by atoms with Gasteiger partial charge in [-0.15, -0.1) is 4.91 Å². The minimum atomic E-state index is -5.20.